The fourth-order valence-corrected chi connectivity index (χ4v) is 3.34. The molecule has 2 aromatic rings. The van der Waals surface area contributed by atoms with Gasteiger partial charge in [-0.3, -0.25) is 20.2 Å². The molecule has 8 nitrogen and oxygen atoms in total. The second kappa shape index (κ2) is 8.17. The first-order valence-electron chi connectivity index (χ1n) is 6.80. The third kappa shape index (κ3) is 5.33. The molecular formula is C15H15BrN2O6S. The minimum Gasteiger partial charge on any atom is -0.258 e. The molecule has 0 unspecified atom stereocenters. The van der Waals surface area contributed by atoms with Crippen LogP contribution >= 0.6 is 15.9 Å². The van der Waals surface area contributed by atoms with Crippen LogP contribution < -0.4 is 0 Å². The van der Waals surface area contributed by atoms with E-state index in [1.54, 1.807) is 19.1 Å². The van der Waals surface area contributed by atoms with Gasteiger partial charge in [0.2, 0.25) is 0 Å². The summed E-state index contributed by atoms with van der Waals surface area (Å²) in [7, 11) is -3.39. The van der Waals surface area contributed by atoms with Crippen molar-refractivity contribution in [2.24, 2.45) is 0 Å². The molecule has 0 aliphatic rings. The van der Waals surface area contributed by atoms with E-state index in [1.807, 2.05) is 0 Å². The quantitative estimate of drug-likeness (QED) is 0.536. The van der Waals surface area contributed by atoms with Crippen molar-refractivity contribution in [2.45, 2.75) is 18.7 Å². The van der Waals surface area contributed by atoms with Crippen LogP contribution in [0.2, 0.25) is 0 Å². The van der Waals surface area contributed by atoms with Crippen LogP contribution in [0.4, 0.5) is 11.4 Å². The molecule has 0 bridgehead atoms. The maximum Gasteiger partial charge on any atom is 0.273 e. The topological polar surface area (TPSA) is 120 Å². The smallest absolute Gasteiger partial charge is 0.258 e. The molecule has 0 spiro atoms. The van der Waals surface area contributed by atoms with Crippen LogP contribution in [0.3, 0.4) is 0 Å². The van der Waals surface area contributed by atoms with E-state index in [4.69, 9.17) is 0 Å². The van der Waals surface area contributed by atoms with Crippen LogP contribution in [0.5, 0.6) is 0 Å². The summed E-state index contributed by atoms with van der Waals surface area (Å²) in [6.07, 6.45) is 1.03. The zero-order valence-electron chi connectivity index (χ0n) is 13.6. The highest BCUT2D eigenvalue weighted by Crippen LogP contribution is 2.25. The molecule has 0 amide bonds. The lowest BCUT2D eigenvalue weighted by molar-refractivity contribution is -0.385. The Bertz CT molecular complexity index is 928. The Morgan fingerprint density at radius 1 is 0.880 bits per heavy atom. The summed E-state index contributed by atoms with van der Waals surface area (Å²) in [6.45, 7) is 3.14. The first-order valence-corrected chi connectivity index (χ1v) is 9.48. The molecule has 10 heteroatoms. The largest absolute Gasteiger partial charge is 0.273 e. The molecule has 0 aliphatic carbocycles. The zero-order valence-corrected chi connectivity index (χ0v) is 16.0. The van der Waals surface area contributed by atoms with E-state index in [2.05, 4.69) is 15.9 Å². The SMILES string of the molecule is Cc1c(Br)cccc1[N+](=O)[O-].Cc1c([N+](=O)[O-])cccc1S(C)(=O)=O. The van der Waals surface area contributed by atoms with E-state index in [1.165, 1.54) is 31.2 Å². The van der Waals surface area contributed by atoms with Gasteiger partial charge < -0.3 is 0 Å². The summed E-state index contributed by atoms with van der Waals surface area (Å²) in [5, 5.41) is 20.9. The highest BCUT2D eigenvalue weighted by atomic mass is 79.9. The molecule has 2 rings (SSSR count). The highest BCUT2D eigenvalue weighted by molar-refractivity contribution is 9.10. The lowest BCUT2D eigenvalue weighted by atomic mass is 10.2. The minimum atomic E-state index is -3.39. The highest BCUT2D eigenvalue weighted by Gasteiger charge is 2.18. The molecule has 0 N–H and O–H groups in total. The number of nitrogens with zero attached hydrogens (tertiary/aromatic N) is 2. The van der Waals surface area contributed by atoms with Gasteiger partial charge in [0.25, 0.3) is 11.4 Å². The van der Waals surface area contributed by atoms with Crippen LogP contribution in [0.15, 0.2) is 45.8 Å². The van der Waals surface area contributed by atoms with Gasteiger partial charge >= 0.3 is 0 Å². The van der Waals surface area contributed by atoms with E-state index >= 15 is 0 Å². The summed E-state index contributed by atoms with van der Waals surface area (Å²) < 4.78 is 23.2. The summed E-state index contributed by atoms with van der Waals surface area (Å²) >= 11 is 3.21. The summed E-state index contributed by atoms with van der Waals surface area (Å²) in [5.74, 6) is 0. The third-order valence-corrected chi connectivity index (χ3v) is 5.39. The standard InChI is InChI=1S/C8H9NO4S.C7H6BrNO2/c1-6-7(9(10)11)4-3-5-8(6)14(2,12)13;1-5-6(8)3-2-4-7(5)9(10)11/h3-5H,1-2H3;2-4H,1H3. The number of hydrogen-bond acceptors (Lipinski definition) is 6. The molecule has 0 saturated heterocycles. The Kier molecular flexibility index (Phi) is 6.77. The number of nitro groups is 2. The molecule has 0 radical (unpaired) electrons. The van der Waals surface area contributed by atoms with Gasteiger partial charge in [-0.05, 0) is 26.0 Å². The molecule has 0 saturated carbocycles. The minimum absolute atomic E-state index is 0.00620. The summed E-state index contributed by atoms with van der Waals surface area (Å²) in [6, 6.07) is 8.92. The summed E-state index contributed by atoms with van der Waals surface area (Å²) in [5.41, 5.74) is 0.824. The zero-order chi connectivity index (χ0) is 19.4. The Balaban J connectivity index is 0.000000257. The van der Waals surface area contributed by atoms with Gasteiger partial charge in [0.05, 0.1) is 14.7 Å². The molecule has 25 heavy (non-hydrogen) atoms. The van der Waals surface area contributed by atoms with E-state index in [9.17, 15) is 28.6 Å². The lowest BCUT2D eigenvalue weighted by Gasteiger charge is -2.02. The number of benzene rings is 2. The van der Waals surface area contributed by atoms with Crippen molar-refractivity contribution in [1.29, 1.82) is 0 Å². The van der Waals surface area contributed by atoms with Crippen molar-refractivity contribution >= 4 is 37.1 Å². The van der Waals surface area contributed by atoms with Crippen LogP contribution in [-0.4, -0.2) is 24.5 Å². The second-order valence-electron chi connectivity index (χ2n) is 5.07. The van der Waals surface area contributed by atoms with Crippen molar-refractivity contribution in [3.8, 4) is 0 Å². The maximum absolute atomic E-state index is 11.2. The molecule has 2 aromatic carbocycles. The Hall–Kier alpha value is -2.33. The summed E-state index contributed by atoms with van der Waals surface area (Å²) in [4.78, 5) is 19.9. The second-order valence-corrected chi connectivity index (χ2v) is 7.91. The van der Waals surface area contributed by atoms with Crippen LogP contribution in [0, 0.1) is 34.1 Å². The van der Waals surface area contributed by atoms with Gasteiger partial charge in [-0.15, -0.1) is 0 Å². The first kappa shape index (κ1) is 20.7. The van der Waals surface area contributed by atoms with Crippen LogP contribution in [0.1, 0.15) is 11.1 Å². The first-order chi connectivity index (χ1) is 11.5. The average molecular weight is 431 g/mol. The van der Waals surface area contributed by atoms with E-state index in [0.717, 1.165) is 10.7 Å². The van der Waals surface area contributed by atoms with Gasteiger partial charge in [0, 0.05) is 34.0 Å². The number of sulfone groups is 1. The lowest BCUT2D eigenvalue weighted by Crippen LogP contribution is -2.02. The Labute approximate surface area is 152 Å². The molecule has 0 aromatic heterocycles. The van der Waals surface area contributed by atoms with Crippen LogP contribution in [-0.2, 0) is 9.84 Å². The van der Waals surface area contributed by atoms with Crippen molar-refractivity contribution < 1.29 is 18.3 Å². The van der Waals surface area contributed by atoms with E-state index in [0.29, 0.717) is 5.56 Å². The van der Waals surface area contributed by atoms with Gasteiger partial charge in [0.1, 0.15) is 0 Å². The van der Waals surface area contributed by atoms with Gasteiger partial charge in [-0.25, -0.2) is 8.42 Å². The number of hydrogen-bond donors (Lipinski definition) is 0. The van der Waals surface area contributed by atoms with Crippen molar-refractivity contribution in [3.63, 3.8) is 0 Å². The predicted molar refractivity (Wildman–Crippen MR) is 96.5 cm³/mol. The molecule has 0 fully saturated rings. The van der Waals surface area contributed by atoms with Gasteiger partial charge in [-0.1, -0.05) is 28.1 Å². The molecular weight excluding hydrogens is 416 g/mol. The third-order valence-electron chi connectivity index (χ3n) is 3.29. The van der Waals surface area contributed by atoms with Crippen LogP contribution in [0.25, 0.3) is 0 Å². The molecule has 134 valence electrons. The molecule has 0 heterocycles. The molecule has 0 aliphatic heterocycles. The molecule has 0 atom stereocenters. The predicted octanol–water partition coefficient (Wildman–Crippen LogP) is 3.97. The van der Waals surface area contributed by atoms with E-state index in [-0.39, 0.29) is 26.8 Å². The van der Waals surface area contributed by atoms with E-state index < -0.39 is 14.8 Å². The maximum atomic E-state index is 11.2. The Morgan fingerprint density at radius 2 is 1.32 bits per heavy atom. The number of nitro benzene ring substituents is 2. The Morgan fingerprint density at radius 3 is 1.72 bits per heavy atom. The van der Waals surface area contributed by atoms with Crippen molar-refractivity contribution in [3.05, 3.63) is 72.2 Å². The number of rotatable bonds is 3. The normalized spacial score (nSPS) is 10.6. The average Bonchev–Trinajstić information content (AvgIpc) is 2.49. The van der Waals surface area contributed by atoms with Gasteiger partial charge in [0.15, 0.2) is 9.84 Å². The van der Waals surface area contributed by atoms with Crippen molar-refractivity contribution in [2.75, 3.05) is 6.26 Å². The van der Waals surface area contributed by atoms with Gasteiger partial charge in [-0.2, -0.15) is 0 Å². The number of halogens is 1. The monoisotopic (exact) mass is 430 g/mol. The van der Waals surface area contributed by atoms with Crippen molar-refractivity contribution in [1.82, 2.24) is 0 Å². The fraction of sp³-hybridized carbons (Fsp3) is 0.200. The fourth-order valence-electron chi connectivity index (χ4n) is 2.00.